The summed E-state index contributed by atoms with van der Waals surface area (Å²) in [6.45, 7) is 14.3. The molecular weight excluding hydrogens is 818 g/mol. The summed E-state index contributed by atoms with van der Waals surface area (Å²) in [5.41, 5.74) is 2.12. The minimum absolute atomic E-state index is 0.303. The van der Waals surface area contributed by atoms with Crippen LogP contribution in [0.25, 0.3) is 0 Å². The van der Waals surface area contributed by atoms with Gasteiger partial charge in [-0.3, -0.25) is 0 Å². The summed E-state index contributed by atoms with van der Waals surface area (Å²) < 4.78 is 12.6. The molecule has 0 spiro atoms. The standard InChI is InChI=1S/C23H24O.6C4H9.2Sn/c24-21(22(15-7-8-16-22)19-11-3-1-4-12-19)23(17-9-10-18-23)20-13-5-2-6-14-20;6*1-3-4-2;;/h3-6,11-14H,7-10,15-18H2;6*1,3-4H2,2H3;;. The van der Waals surface area contributed by atoms with Gasteiger partial charge in [0.15, 0.2) is 0 Å². The van der Waals surface area contributed by atoms with Crippen molar-refractivity contribution in [2.45, 2.75) is 207 Å². The van der Waals surface area contributed by atoms with Crippen LogP contribution in [0.2, 0.25) is 26.6 Å². The van der Waals surface area contributed by atoms with Crippen molar-refractivity contribution >= 4 is 49.7 Å². The van der Waals surface area contributed by atoms with Crippen LogP contribution in [0.3, 0.4) is 0 Å². The molecule has 0 heterocycles. The van der Waals surface area contributed by atoms with Crippen molar-refractivity contribution in [2.75, 3.05) is 0 Å². The van der Waals surface area contributed by atoms with Gasteiger partial charge in [0.05, 0.1) is 0 Å². The third kappa shape index (κ3) is 9.68. The summed E-state index contributed by atoms with van der Waals surface area (Å²) in [4.78, 5) is 15.5. The van der Waals surface area contributed by atoms with Crippen molar-refractivity contribution in [2.24, 2.45) is 0 Å². The summed E-state index contributed by atoms with van der Waals surface area (Å²) in [5.74, 6) is 0.593. The zero-order valence-corrected chi connectivity index (χ0v) is 39.6. The molecule has 0 aromatic heterocycles. The molecule has 280 valence electrons. The second-order valence-corrected chi connectivity index (χ2v) is 43.7. The van der Waals surface area contributed by atoms with Gasteiger partial charge in [-0.1, -0.05) is 0 Å². The van der Waals surface area contributed by atoms with Crippen LogP contribution in [0.15, 0.2) is 48.5 Å². The van der Waals surface area contributed by atoms with Crippen molar-refractivity contribution in [3.63, 3.8) is 0 Å². The molecule has 0 bridgehead atoms. The Labute approximate surface area is 319 Å². The molecule has 0 unspecified atom stereocenters. The Hall–Kier alpha value is -0.293. The third-order valence-electron chi connectivity index (χ3n) is 13.9. The van der Waals surface area contributed by atoms with Gasteiger partial charge in [0.25, 0.3) is 0 Å². The first-order valence-corrected chi connectivity index (χ1v) is 37.1. The van der Waals surface area contributed by atoms with E-state index in [1.807, 2.05) is 0 Å². The molecule has 0 aliphatic heterocycles. The van der Waals surface area contributed by atoms with Crippen LogP contribution in [0.1, 0.15) is 181 Å². The quantitative estimate of drug-likeness (QED) is 0.0960. The van der Waals surface area contributed by atoms with E-state index in [9.17, 15) is 0 Å². The molecule has 2 aliphatic rings. The molecule has 0 N–H and O–H groups in total. The number of carbonyl (C=O) groups is 1. The van der Waals surface area contributed by atoms with Crippen LogP contribution >= 0.6 is 0 Å². The first-order chi connectivity index (χ1) is 24.4. The fourth-order valence-corrected chi connectivity index (χ4v) is 42.6. The molecular formula is C47H78OSn2. The topological polar surface area (TPSA) is 17.1 Å². The van der Waals surface area contributed by atoms with Crippen LogP contribution in [0, 0.1) is 0 Å². The molecule has 4 rings (SSSR count). The molecule has 0 amide bonds. The number of rotatable bonds is 24. The normalized spacial score (nSPS) is 17.4. The number of unbranched alkanes of at least 4 members (excludes halogenated alkanes) is 6. The van der Waals surface area contributed by atoms with E-state index in [1.54, 1.807) is 7.16 Å². The van der Waals surface area contributed by atoms with E-state index in [4.69, 9.17) is 0 Å². The van der Waals surface area contributed by atoms with Gasteiger partial charge in [-0.05, 0) is 0 Å². The molecule has 2 aliphatic carbocycles. The number of Topliss-reactive ketones (excluding diaryl/α,β-unsaturated/α-hetero) is 1. The summed E-state index contributed by atoms with van der Waals surface area (Å²) in [7, 11) is 0. The fourth-order valence-electron chi connectivity index (χ4n) is 10.7. The first kappa shape index (κ1) is 42.4. The Kier molecular flexibility index (Phi) is 17.8. The number of ketones is 1. The molecule has 1 nitrogen and oxygen atoms in total. The Morgan fingerprint density at radius 2 is 0.680 bits per heavy atom. The molecule has 0 saturated heterocycles. The number of benzene rings is 2. The molecule has 2 aromatic carbocycles. The fraction of sp³-hybridized carbons (Fsp3) is 0.723. The minimum atomic E-state index is -2.52. The van der Waals surface area contributed by atoms with Gasteiger partial charge in [-0.15, -0.1) is 0 Å². The van der Waals surface area contributed by atoms with Crippen LogP contribution in [0.4, 0.5) is 0 Å². The predicted octanol–water partition coefficient (Wildman–Crippen LogP) is 13.7. The average molecular weight is 897 g/mol. The van der Waals surface area contributed by atoms with E-state index in [0.29, 0.717) is 5.78 Å². The summed E-state index contributed by atoms with van der Waals surface area (Å²) in [6, 6.07) is 20.3. The van der Waals surface area contributed by atoms with E-state index in [2.05, 4.69) is 90.1 Å². The van der Waals surface area contributed by atoms with Crippen LogP contribution < -0.4 is 7.16 Å². The second kappa shape index (κ2) is 21.0. The van der Waals surface area contributed by atoms with Crippen molar-refractivity contribution in [3.05, 3.63) is 59.7 Å². The van der Waals surface area contributed by atoms with Crippen LogP contribution in [-0.2, 0) is 15.6 Å². The third-order valence-corrected chi connectivity index (χ3v) is 45.3. The number of carbonyl (C=O) groups excluding carboxylic acids is 1. The molecule has 50 heavy (non-hydrogen) atoms. The second-order valence-electron chi connectivity index (χ2n) is 17.2. The van der Waals surface area contributed by atoms with Gasteiger partial charge in [-0.2, -0.15) is 0 Å². The van der Waals surface area contributed by atoms with E-state index in [0.717, 1.165) is 25.7 Å². The number of hydrogen-bond acceptors (Lipinski definition) is 1. The van der Waals surface area contributed by atoms with Crippen molar-refractivity contribution in [3.8, 4) is 0 Å². The Bertz CT molecular complexity index is 1110. The van der Waals surface area contributed by atoms with Gasteiger partial charge < -0.3 is 0 Å². The Morgan fingerprint density at radius 3 is 0.900 bits per heavy atom. The zero-order valence-electron chi connectivity index (χ0n) is 33.9. The first-order valence-electron chi connectivity index (χ1n) is 22.1. The van der Waals surface area contributed by atoms with Crippen molar-refractivity contribution in [1.82, 2.24) is 0 Å². The molecule has 2 fully saturated rings. The maximum atomic E-state index is 15.5. The zero-order chi connectivity index (χ0) is 35.9. The summed E-state index contributed by atoms with van der Waals surface area (Å²) >= 11 is -5.04. The van der Waals surface area contributed by atoms with E-state index in [1.165, 1.54) is 140 Å². The van der Waals surface area contributed by atoms with Crippen LogP contribution in [-0.4, -0.2) is 42.5 Å². The molecule has 0 atom stereocenters. The number of hydrogen-bond donors (Lipinski definition) is 0. The average Bonchev–Trinajstić information content (AvgIpc) is 3.87. The van der Waals surface area contributed by atoms with Crippen molar-refractivity contribution in [1.29, 1.82) is 0 Å². The van der Waals surface area contributed by atoms with E-state index < -0.39 is 36.8 Å². The van der Waals surface area contributed by atoms with Gasteiger partial charge >= 0.3 is 322 Å². The van der Waals surface area contributed by atoms with Gasteiger partial charge in [-0.25, -0.2) is 0 Å². The van der Waals surface area contributed by atoms with Gasteiger partial charge in [0.2, 0.25) is 0 Å². The predicted molar refractivity (Wildman–Crippen MR) is 227 cm³/mol. The van der Waals surface area contributed by atoms with Gasteiger partial charge in [0, 0.05) is 0 Å². The monoisotopic (exact) mass is 898 g/mol. The van der Waals surface area contributed by atoms with Crippen LogP contribution in [0.5, 0.6) is 0 Å². The molecule has 3 heteroatoms. The molecule has 0 radical (unpaired) electrons. The van der Waals surface area contributed by atoms with Gasteiger partial charge in [0.1, 0.15) is 0 Å². The van der Waals surface area contributed by atoms with E-state index in [-0.39, 0.29) is 10.8 Å². The maximum absolute atomic E-state index is 15.5. The summed E-state index contributed by atoms with van der Waals surface area (Å²) in [5, 5.41) is 0. The van der Waals surface area contributed by atoms with Crippen molar-refractivity contribution < 1.29 is 4.79 Å². The Balaban J connectivity index is 1.71. The molecule has 2 saturated carbocycles. The Morgan fingerprint density at radius 1 is 0.440 bits per heavy atom. The SMILES string of the molecule is CCC[CH2][Sn]([CH2]CCC)([CH2]CCC)[c]1ccc(C2(C(=O)C3(c4cc[c]([Sn]([CH2]CCC)([CH2]CCC)[CH2]CCC)cc4)CCCC3)CCCC2)cc1. The summed E-state index contributed by atoms with van der Waals surface area (Å²) in [6.07, 6.45) is 25.2. The van der Waals surface area contributed by atoms with E-state index >= 15 is 4.79 Å². The molecule has 2 aromatic rings.